The molecule has 0 N–H and O–H groups in total. The Morgan fingerprint density at radius 1 is 1.18 bits per heavy atom. The van der Waals surface area contributed by atoms with E-state index in [2.05, 4.69) is 4.98 Å². The predicted molar refractivity (Wildman–Crippen MR) is 131 cm³/mol. The third kappa shape index (κ3) is 4.55. The zero-order valence-corrected chi connectivity index (χ0v) is 20.1. The molecule has 10 heteroatoms. The highest BCUT2D eigenvalue weighted by Crippen LogP contribution is 2.38. The maximum atomic E-state index is 13.2. The summed E-state index contributed by atoms with van der Waals surface area (Å²) in [5, 5.41) is 4.13. The van der Waals surface area contributed by atoms with E-state index in [0.29, 0.717) is 46.4 Å². The first-order valence-corrected chi connectivity index (χ1v) is 13.5. The SMILES string of the molecule is O=C1c2ccccc2OC1c1csc(N(CCCC(=O)N2CCSC2)C(=O)c2cccs2)n1. The minimum atomic E-state index is -0.805. The summed E-state index contributed by atoms with van der Waals surface area (Å²) in [5.41, 5.74) is 1.03. The van der Waals surface area contributed by atoms with Gasteiger partial charge >= 0.3 is 0 Å². The number of carbonyl (C=O) groups excluding carboxylic acids is 3. The van der Waals surface area contributed by atoms with Crippen molar-refractivity contribution in [3.05, 3.63) is 63.3 Å². The number of thiazole rings is 1. The molecule has 4 heterocycles. The van der Waals surface area contributed by atoms with E-state index in [0.717, 1.165) is 18.2 Å². The number of hydrogen-bond acceptors (Lipinski definition) is 8. The minimum absolute atomic E-state index is 0.117. The smallest absolute Gasteiger partial charge is 0.270 e. The first-order chi connectivity index (χ1) is 16.1. The fourth-order valence-corrected chi connectivity index (χ4v) is 6.29. The summed E-state index contributed by atoms with van der Waals surface area (Å²) in [6.45, 7) is 1.16. The summed E-state index contributed by atoms with van der Waals surface area (Å²) in [7, 11) is 0. The lowest BCUT2D eigenvalue weighted by atomic mass is 10.1. The number of anilines is 1. The van der Waals surface area contributed by atoms with E-state index in [-0.39, 0.29) is 17.6 Å². The molecule has 2 aromatic heterocycles. The second-order valence-electron chi connectivity index (χ2n) is 7.65. The number of hydrogen-bond donors (Lipinski definition) is 0. The van der Waals surface area contributed by atoms with Crippen molar-refractivity contribution < 1.29 is 19.1 Å². The van der Waals surface area contributed by atoms with Gasteiger partial charge in [0.1, 0.15) is 11.4 Å². The van der Waals surface area contributed by atoms with Gasteiger partial charge in [-0.05, 0) is 30.0 Å². The van der Waals surface area contributed by atoms with E-state index in [4.69, 9.17) is 4.74 Å². The third-order valence-electron chi connectivity index (χ3n) is 5.50. The lowest BCUT2D eigenvalue weighted by Crippen LogP contribution is -2.33. The van der Waals surface area contributed by atoms with E-state index in [1.54, 1.807) is 46.3 Å². The van der Waals surface area contributed by atoms with Crippen LogP contribution in [-0.2, 0) is 4.79 Å². The topological polar surface area (TPSA) is 79.8 Å². The van der Waals surface area contributed by atoms with Crippen molar-refractivity contribution in [2.45, 2.75) is 18.9 Å². The third-order valence-corrected chi connectivity index (χ3v) is 8.20. The highest BCUT2D eigenvalue weighted by molar-refractivity contribution is 7.99. The van der Waals surface area contributed by atoms with Crippen LogP contribution in [0.2, 0.25) is 0 Å². The van der Waals surface area contributed by atoms with Crippen LogP contribution in [0.15, 0.2) is 47.2 Å². The van der Waals surface area contributed by atoms with Crippen molar-refractivity contribution in [3.63, 3.8) is 0 Å². The average molecular weight is 500 g/mol. The number of ether oxygens (including phenoxy) is 1. The number of carbonyl (C=O) groups is 3. The van der Waals surface area contributed by atoms with Gasteiger partial charge in [-0.15, -0.1) is 34.4 Å². The maximum absolute atomic E-state index is 13.2. The Kier molecular flexibility index (Phi) is 6.48. The molecule has 0 saturated carbocycles. The molecule has 33 heavy (non-hydrogen) atoms. The summed E-state index contributed by atoms with van der Waals surface area (Å²) >= 11 is 4.42. The fraction of sp³-hybridized carbons (Fsp3) is 0.304. The van der Waals surface area contributed by atoms with Gasteiger partial charge < -0.3 is 9.64 Å². The van der Waals surface area contributed by atoms with Gasteiger partial charge in [-0.2, -0.15) is 0 Å². The number of thioether (sulfide) groups is 1. The molecular weight excluding hydrogens is 478 g/mol. The van der Waals surface area contributed by atoms with E-state index in [1.807, 2.05) is 22.4 Å². The van der Waals surface area contributed by atoms with Crippen LogP contribution in [0.3, 0.4) is 0 Å². The average Bonchev–Trinajstić information content (AvgIpc) is 3.63. The number of benzene rings is 1. The second kappa shape index (κ2) is 9.66. The number of nitrogens with zero attached hydrogens (tertiary/aromatic N) is 3. The Hall–Kier alpha value is -2.69. The number of amides is 2. The molecule has 0 aliphatic carbocycles. The summed E-state index contributed by atoms with van der Waals surface area (Å²) in [4.78, 5) is 47.1. The first-order valence-electron chi connectivity index (χ1n) is 10.6. The Labute approximate surface area is 203 Å². The lowest BCUT2D eigenvalue weighted by Gasteiger charge is -2.20. The van der Waals surface area contributed by atoms with Gasteiger partial charge in [0.25, 0.3) is 5.91 Å². The Balaban J connectivity index is 1.32. The van der Waals surface area contributed by atoms with Crippen LogP contribution in [0.25, 0.3) is 0 Å². The molecule has 3 aromatic rings. The zero-order valence-electron chi connectivity index (χ0n) is 17.6. The zero-order chi connectivity index (χ0) is 22.8. The number of thiophene rings is 1. The highest BCUT2D eigenvalue weighted by Gasteiger charge is 2.36. The van der Waals surface area contributed by atoms with Crippen molar-refractivity contribution in [2.75, 3.05) is 29.6 Å². The molecule has 1 aromatic carbocycles. The maximum Gasteiger partial charge on any atom is 0.270 e. The molecule has 2 aliphatic heterocycles. The fourth-order valence-electron chi connectivity index (χ4n) is 3.78. The van der Waals surface area contributed by atoms with Gasteiger partial charge in [-0.1, -0.05) is 18.2 Å². The summed E-state index contributed by atoms with van der Waals surface area (Å²) in [6, 6.07) is 10.8. The minimum Gasteiger partial charge on any atom is -0.475 e. The van der Waals surface area contributed by atoms with Crippen LogP contribution < -0.4 is 9.64 Å². The largest absolute Gasteiger partial charge is 0.475 e. The quantitative estimate of drug-likeness (QED) is 0.477. The van der Waals surface area contributed by atoms with Gasteiger partial charge in [-0.25, -0.2) is 4.98 Å². The van der Waals surface area contributed by atoms with Gasteiger partial charge in [0.05, 0.1) is 16.3 Å². The summed E-state index contributed by atoms with van der Waals surface area (Å²) in [5.74, 6) is 2.09. The number of para-hydroxylation sites is 1. The highest BCUT2D eigenvalue weighted by atomic mass is 32.2. The number of aromatic nitrogens is 1. The summed E-state index contributed by atoms with van der Waals surface area (Å²) in [6.07, 6.45) is 0.114. The molecule has 1 unspecified atom stereocenters. The molecule has 1 saturated heterocycles. The van der Waals surface area contributed by atoms with Crippen LogP contribution in [0.1, 0.15) is 44.7 Å². The van der Waals surface area contributed by atoms with Crippen molar-refractivity contribution in [3.8, 4) is 5.75 Å². The molecule has 0 spiro atoms. The molecule has 0 bridgehead atoms. The van der Waals surface area contributed by atoms with E-state index in [1.165, 1.54) is 22.7 Å². The van der Waals surface area contributed by atoms with Crippen LogP contribution in [0, 0.1) is 0 Å². The molecule has 0 radical (unpaired) electrons. The molecule has 5 rings (SSSR count). The van der Waals surface area contributed by atoms with E-state index >= 15 is 0 Å². The molecular formula is C23H21N3O4S3. The molecule has 1 atom stereocenters. The van der Waals surface area contributed by atoms with Crippen molar-refractivity contribution >= 4 is 57.2 Å². The predicted octanol–water partition coefficient (Wildman–Crippen LogP) is 4.48. The Morgan fingerprint density at radius 2 is 2.06 bits per heavy atom. The van der Waals surface area contributed by atoms with E-state index in [9.17, 15) is 14.4 Å². The number of fused-ring (bicyclic) bond motifs is 1. The molecule has 2 aliphatic rings. The standard InChI is InChI=1S/C23H21N3O4S3/c27-19(25-10-12-31-14-25)8-3-9-26(22(29)18-7-4-11-32-18)23-24-16(13-33-23)21-20(28)15-5-1-2-6-17(15)30-21/h1-2,4-7,11,13,21H,3,8-10,12,14H2. The summed E-state index contributed by atoms with van der Waals surface area (Å²) < 4.78 is 5.84. The molecule has 7 nitrogen and oxygen atoms in total. The van der Waals surface area contributed by atoms with Crippen LogP contribution >= 0.6 is 34.4 Å². The second-order valence-corrected chi connectivity index (χ2v) is 10.5. The van der Waals surface area contributed by atoms with Crippen molar-refractivity contribution in [2.24, 2.45) is 0 Å². The van der Waals surface area contributed by atoms with Gasteiger partial charge in [0.15, 0.2) is 5.13 Å². The lowest BCUT2D eigenvalue weighted by molar-refractivity contribution is -0.129. The van der Waals surface area contributed by atoms with Crippen molar-refractivity contribution in [1.29, 1.82) is 0 Å². The van der Waals surface area contributed by atoms with Gasteiger partial charge in [0, 0.05) is 30.6 Å². The van der Waals surface area contributed by atoms with Gasteiger partial charge in [-0.3, -0.25) is 19.3 Å². The molecule has 1 fully saturated rings. The normalized spacial score (nSPS) is 17.2. The monoisotopic (exact) mass is 499 g/mol. The number of ketones is 1. The van der Waals surface area contributed by atoms with Crippen molar-refractivity contribution in [1.82, 2.24) is 9.88 Å². The van der Waals surface area contributed by atoms with Gasteiger partial charge in [0.2, 0.25) is 17.8 Å². The molecule has 170 valence electrons. The van der Waals surface area contributed by atoms with E-state index < -0.39 is 6.10 Å². The molecule has 2 amide bonds. The Morgan fingerprint density at radius 3 is 2.82 bits per heavy atom. The van der Waals surface area contributed by atoms with Crippen LogP contribution in [0.4, 0.5) is 5.13 Å². The Bertz CT molecular complexity index is 1170. The number of Topliss-reactive ketones (excluding diaryl/α,β-unsaturated/α-hetero) is 1. The van der Waals surface area contributed by atoms with Crippen LogP contribution in [-0.4, -0.2) is 52.2 Å². The van der Waals surface area contributed by atoms with Crippen LogP contribution in [0.5, 0.6) is 5.75 Å². The number of rotatable bonds is 7. The first kappa shape index (κ1) is 22.1.